The number of pyridine rings is 1. The molecule has 0 aromatic carbocycles. The van der Waals surface area contributed by atoms with Crippen LogP contribution < -0.4 is 5.32 Å². The fraction of sp³-hybridized carbons (Fsp3) is 0.429. The van der Waals surface area contributed by atoms with Gasteiger partial charge in [0, 0.05) is 43.8 Å². The lowest BCUT2D eigenvalue weighted by Gasteiger charge is -2.11. The van der Waals surface area contributed by atoms with Crippen molar-refractivity contribution in [3.05, 3.63) is 42.5 Å². The summed E-state index contributed by atoms with van der Waals surface area (Å²) < 4.78 is 2.14. The Hall–Kier alpha value is -1.84. The van der Waals surface area contributed by atoms with Crippen LogP contribution in [0.25, 0.3) is 0 Å². The molecule has 4 nitrogen and oxygen atoms in total. The summed E-state index contributed by atoms with van der Waals surface area (Å²) >= 11 is 0. The normalized spacial score (nSPS) is 10.8. The molecule has 0 aliphatic carbocycles. The summed E-state index contributed by atoms with van der Waals surface area (Å²) in [6, 6.07) is 6.02. The largest absolute Gasteiger partial charge is 0.355 e. The first-order chi connectivity index (χ1) is 8.75. The highest BCUT2D eigenvalue weighted by molar-refractivity contribution is 5.25. The summed E-state index contributed by atoms with van der Waals surface area (Å²) in [5.74, 6) is 1.56. The van der Waals surface area contributed by atoms with E-state index in [1.54, 1.807) is 0 Å². The number of rotatable bonds is 6. The van der Waals surface area contributed by atoms with Crippen molar-refractivity contribution in [3.63, 3.8) is 0 Å². The van der Waals surface area contributed by atoms with E-state index in [-0.39, 0.29) is 0 Å². The Labute approximate surface area is 108 Å². The molecule has 2 aromatic rings. The van der Waals surface area contributed by atoms with Crippen LogP contribution in [0.4, 0.5) is 5.95 Å². The average Bonchev–Trinajstić information content (AvgIpc) is 2.82. The van der Waals surface area contributed by atoms with Crippen LogP contribution in [0.2, 0.25) is 0 Å². The van der Waals surface area contributed by atoms with Gasteiger partial charge >= 0.3 is 0 Å². The van der Waals surface area contributed by atoms with E-state index in [0.717, 1.165) is 31.2 Å². The highest BCUT2D eigenvalue weighted by Crippen LogP contribution is 2.07. The zero-order chi connectivity index (χ0) is 12.8. The van der Waals surface area contributed by atoms with E-state index in [1.165, 1.54) is 0 Å². The molecule has 0 amide bonds. The highest BCUT2D eigenvalue weighted by atomic mass is 15.2. The molecule has 0 radical (unpaired) electrons. The molecule has 0 aliphatic heterocycles. The molecule has 0 saturated heterocycles. The van der Waals surface area contributed by atoms with E-state index in [0.29, 0.717) is 5.92 Å². The zero-order valence-corrected chi connectivity index (χ0v) is 11.0. The van der Waals surface area contributed by atoms with Crippen molar-refractivity contribution in [1.29, 1.82) is 0 Å². The van der Waals surface area contributed by atoms with Crippen molar-refractivity contribution in [2.75, 3.05) is 11.9 Å². The van der Waals surface area contributed by atoms with Crippen LogP contribution in [0.1, 0.15) is 19.5 Å². The number of imidazole rings is 1. The number of hydrogen-bond donors (Lipinski definition) is 1. The monoisotopic (exact) mass is 244 g/mol. The van der Waals surface area contributed by atoms with Gasteiger partial charge in [-0.3, -0.25) is 4.98 Å². The van der Waals surface area contributed by atoms with E-state index in [4.69, 9.17) is 0 Å². The summed E-state index contributed by atoms with van der Waals surface area (Å²) in [7, 11) is 0. The molecule has 2 heterocycles. The van der Waals surface area contributed by atoms with Crippen LogP contribution in [-0.2, 0) is 13.0 Å². The maximum Gasteiger partial charge on any atom is 0.202 e. The molecule has 4 heteroatoms. The van der Waals surface area contributed by atoms with Crippen molar-refractivity contribution >= 4 is 5.95 Å². The predicted octanol–water partition coefficient (Wildman–Crippen LogP) is 2.59. The van der Waals surface area contributed by atoms with E-state index in [9.17, 15) is 0 Å². The van der Waals surface area contributed by atoms with E-state index in [2.05, 4.69) is 39.8 Å². The average molecular weight is 244 g/mol. The standard InChI is InChI=1S/C14H20N4/c1-12(2)11-17-14-16-8-10-18(14)9-6-13-5-3-4-7-15-13/h3-5,7-8,10,12H,6,9,11H2,1-2H3,(H,16,17). The molecule has 0 spiro atoms. The highest BCUT2D eigenvalue weighted by Gasteiger charge is 2.03. The van der Waals surface area contributed by atoms with Gasteiger partial charge in [0.2, 0.25) is 5.95 Å². The minimum absolute atomic E-state index is 0.617. The zero-order valence-electron chi connectivity index (χ0n) is 11.0. The van der Waals surface area contributed by atoms with Gasteiger partial charge in [0.1, 0.15) is 0 Å². The molecule has 1 N–H and O–H groups in total. The van der Waals surface area contributed by atoms with Gasteiger partial charge in [0.05, 0.1) is 0 Å². The quantitative estimate of drug-likeness (QED) is 0.849. The van der Waals surface area contributed by atoms with Crippen LogP contribution in [0.5, 0.6) is 0 Å². The van der Waals surface area contributed by atoms with Crippen molar-refractivity contribution in [1.82, 2.24) is 14.5 Å². The maximum atomic E-state index is 4.33. The summed E-state index contributed by atoms with van der Waals surface area (Å²) in [5.41, 5.74) is 1.11. The van der Waals surface area contributed by atoms with Gasteiger partial charge in [-0.2, -0.15) is 0 Å². The fourth-order valence-electron chi connectivity index (χ4n) is 1.73. The fourth-order valence-corrected chi connectivity index (χ4v) is 1.73. The van der Waals surface area contributed by atoms with Crippen LogP contribution in [0.15, 0.2) is 36.8 Å². The number of nitrogens with zero attached hydrogens (tertiary/aromatic N) is 3. The molecule has 96 valence electrons. The number of anilines is 1. The summed E-state index contributed by atoms with van der Waals surface area (Å²) in [5, 5.41) is 3.36. The van der Waals surface area contributed by atoms with Gasteiger partial charge in [0.15, 0.2) is 0 Å². The van der Waals surface area contributed by atoms with Gasteiger partial charge in [-0.05, 0) is 18.1 Å². The lowest BCUT2D eigenvalue weighted by atomic mass is 10.2. The Kier molecular flexibility index (Phi) is 4.34. The second-order valence-electron chi connectivity index (χ2n) is 4.79. The van der Waals surface area contributed by atoms with E-state index < -0.39 is 0 Å². The lowest BCUT2D eigenvalue weighted by molar-refractivity contribution is 0.657. The minimum Gasteiger partial charge on any atom is -0.355 e. The Morgan fingerprint density at radius 3 is 2.83 bits per heavy atom. The molecule has 0 aliphatic rings. The molecule has 18 heavy (non-hydrogen) atoms. The van der Waals surface area contributed by atoms with Crippen molar-refractivity contribution < 1.29 is 0 Å². The van der Waals surface area contributed by atoms with Gasteiger partial charge in [-0.1, -0.05) is 19.9 Å². The third-order valence-corrected chi connectivity index (χ3v) is 2.72. The molecule has 0 saturated carbocycles. The van der Waals surface area contributed by atoms with Crippen LogP contribution in [-0.4, -0.2) is 21.1 Å². The Balaban J connectivity index is 1.91. The Morgan fingerprint density at radius 1 is 1.22 bits per heavy atom. The molecule has 0 atom stereocenters. The molecule has 0 fully saturated rings. The van der Waals surface area contributed by atoms with E-state index >= 15 is 0 Å². The van der Waals surface area contributed by atoms with E-state index in [1.807, 2.05) is 30.7 Å². The Bertz CT molecular complexity index is 462. The van der Waals surface area contributed by atoms with Crippen molar-refractivity contribution in [2.24, 2.45) is 5.92 Å². The minimum atomic E-state index is 0.617. The summed E-state index contributed by atoms with van der Waals surface area (Å²) in [6.07, 6.45) is 6.60. The van der Waals surface area contributed by atoms with Gasteiger partial charge in [0.25, 0.3) is 0 Å². The number of hydrogen-bond acceptors (Lipinski definition) is 3. The first kappa shape index (κ1) is 12.6. The number of nitrogens with one attached hydrogen (secondary N) is 1. The predicted molar refractivity (Wildman–Crippen MR) is 73.5 cm³/mol. The third kappa shape index (κ3) is 3.58. The molecular weight excluding hydrogens is 224 g/mol. The smallest absolute Gasteiger partial charge is 0.202 e. The second kappa shape index (κ2) is 6.19. The topological polar surface area (TPSA) is 42.7 Å². The molecule has 2 rings (SSSR count). The van der Waals surface area contributed by atoms with Gasteiger partial charge < -0.3 is 9.88 Å². The van der Waals surface area contributed by atoms with Crippen LogP contribution >= 0.6 is 0 Å². The van der Waals surface area contributed by atoms with Crippen LogP contribution in [0, 0.1) is 5.92 Å². The number of aromatic nitrogens is 3. The molecule has 2 aromatic heterocycles. The van der Waals surface area contributed by atoms with Crippen molar-refractivity contribution in [3.8, 4) is 0 Å². The Morgan fingerprint density at radius 2 is 2.11 bits per heavy atom. The molecular formula is C14H20N4. The maximum absolute atomic E-state index is 4.33. The second-order valence-corrected chi connectivity index (χ2v) is 4.79. The molecule has 0 bridgehead atoms. The SMILES string of the molecule is CC(C)CNc1nccn1CCc1ccccn1. The third-order valence-electron chi connectivity index (χ3n) is 2.72. The first-order valence-electron chi connectivity index (χ1n) is 6.40. The summed E-state index contributed by atoms with van der Waals surface area (Å²) in [6.45, 7) is 6.22. The lowest BCUT2D eigenvalue weighted by Crippen LogP contribution is -2.13. The van der Waals surface area contributed by atoms with Gasteiger partial charge in [-0.15, -0.1) is 0 Å². The molecule has 0 unspecified atom stereocenters. The van der Waals surface area contributed by atoms with Gasteiger partial charge in [-0.25, -0.2) is 4.98 Å². The summed E-state index contributed by atoms with van der Waals surface area (Å²) in [4.78, 5) is 8.66. The van der Waals surface area contributed by atoms with Crippen LogP contribution in [0.3, 0.4) is 0 Å². The van der Waals surface area contributed by atoms with Crippen molar-refractivity contribution in [2.45, 2.75) is 26.8 Å². The first-order valence-corrected chi connectivity index (χ1v) is 6.40. The number of aryl methyl sites for hydroxylation is 2.